The van der Waals surface area contributed by atoms with Gasteiger partial charge in [-0.1, -0.05) is 0 Å². The maximum Gasteiger partial charge on any atom is 0.224 e. The fourth-order valence-corrected chi connectivity index (χ4v) is 2.67. The predicted octanol–water partition coefficient (Wildman–Crippen LogP) is 1.89. The highest BCUT2D eigenvalue weighted by atomic mass is 16.6. The number of amides is 1. The van der Waals surface area contributed by atoms with Crippen molar-refractivity contribution in [1.29, 1.82) is 0 Å². The Kier molecular flexibility index (Phi) is 2.16. The van der Waals surface area contributed by atoms with Gasteiger partial charge in [-0.2, -0.15) is 0 Å². The molecule has 0 N–H and O–H groups in total. The normalized spacial score (nSPS) is 29.4. The quantitative estimate of drug-likeness (QED) is 0.696. The third kappa shape index (κ3) is 1.44. The molecular weight excluding hydrogens is 218 g/mol. The van der Waals surface area contributed by atoms with Crippen LogP contribution in [0.25, 0.3) is 0 Å². The molecule has 1 amide bonds. The molecule has 1 aromatic carbocycles. The van der Waals surface area contributed by atoms with Gasteiger partial charge in [-0.15, -0.1) is 0 Å². The van der Waals surface area contributed by atoms with E-state index in [1.807, 2.05) is 30.0 Å². The first-order valence-corrected chi connectivity index (χ1v) is 5.76. The Balaban J connectivity index is 2.11. The van der Waals surface area contributed by atoms with Crippen LogP contribution in [0.4, 0.5) is 5.69 Å². The largest absolute Gasteiger partial charge is 0.497 e. The molecule has 0 bridgehead atoms. The summed E-state index contributed by atoms with van der Waals surface area (Å²) in [5.74, 6) is 0.855. The van der Waals surface area contributed by atoms with Gasteiger partial charge >= 0.3 is 0 Å². The Morgan fingerprint density at radius 3 is 2.88 bits per heavy atom. The van der Waals surface area contributed by atoms with Gasteiger partial charge in [-0.25, -0.2) is 0 Å². The summed E-state index contributed by atoms with van der Waals surface area (Å²) in [6.45, 7) is 3.62. The maximum atomic E-state index is 11.7. The lowest BCUT2D eigenvalue weighted by Gasteiger charge is -2.32. The predicted molar refractivity (Wildman–Crippen MR) is 63.2 cm³/mol. The van der Waals surface area contributed by atoms with Crippen molar-refractivity contribution in [2.75, 3.05) is 12.0 Å². The Morgan fingerprint density at radius 1 is 1.47 bits per heavy atom. The van der Waals surface area contributed by atoms with Gasteiger partial charge < -0.3 is 14.4 Å². The molecule has 1 aromatic rings. The first kappa shape index (κ1) is 10.6. The SMILES string of the molecule is COc1ccc2c(c1)[C@@H]1O[C@@H]1[C@@H](C)N2C(C)=O. The van der Waals surface area contributed by atoms with E-state index in [-0.39, 0.29) is 24.2 Å². The highest BCUT2D eigenvalue weighted by Gasteiger charge is 2.52. The molecule has 4 nitrogen and oxygen atoms in total. The molecule has 0 aromatic heterocycles. The number of fused-ring (bicyclic) bond motifs is 3. The minimum Gasteiger partial charge on any atom is -0.497 e. The molecule has 90 valence electrons. The minimum atomic E-state index is 0.0536. The average Bonchev–Trinajstić information content (AvgIpc) is 3.09. The van der Waals surface area contributed by atoms with Crippen LogP contribution in [0.1, 0.15) is 25.5 Å². The first-order valence-electron chi connectivity index (χ1n) is 5.76. The molecule has 1 saturated heterocycles. The van der Waals surface area contributed by atoms with E-state index in [0.717, 1.165) is 17.0 Å². The molecule has 3 atom stereocenters. The summed E-state index contributed by atoms with van der Waals surface area (Å²) in [4.78, 5) is 13.5. The molecule has 0 unspecified atom stereocenters. The van der Waals surface area contributed by atoms with Gasteiger partial charge in [0.15, 0.2) is 0 Å². The van der Waals surface area contributed by atoms with Crippen LogP contribution in [0.5, 0.6) is 5.75 Å². The van der Waals surface area contributed by atoms with Crippen LogP contribution in [0.3, 0.4) is 0 Å². The monoisotopic (exact) mass is 233 g/mol. The number of rotatable bonds is 1. The van der Waals surface area contributed by atoms with Crippen molar-refractivity contribution in [2.24, 2.45) is 0 Å². The third-order valence-electron chi connectivity index (χ3n) is 3.55. The highest BCUT2D eigenvalue weighted by molar-refractivity contribution is 5.94. The van der Waals surface area contributed by atoms with Crippen molar-refractivity contribution in [1.82, 2.24) is 0 Å². The van der Waals surface area contributed by atoms with E-state index in [4.69, 9.17) is 9.47 Å². The van der Waals surface area contributed by atoms with Gasteiger partial charge in [0.25, 0.3) is 0 Å². The number of benzene rings is 1. The summed E-state index contributed by atoms with van der Waals surface area (Å²) >= 11 is 0. The van der Waals surface area contributed by atoms with E-state index in [2.05, 4.69) is 0 Å². The highest BCUT2D eigenvalue weighted by Crippen LogP contribution is 2.51. The molecule has 0 aliphatic carbocycles. The summed E-state index contributed by atoms with van der Waals surface area (Å²) in [5.41, 5.74) is 2.01. The standard InChI is InChI=1S/C13H15NO3/c1-7-12-13(17-12)10-6-9(16-3)4-5-11(10)14(7)8(2)15/h4-7,12-13H,1-3H3/t7-,12-,13+/m1/s1. The molecule has 0 saturated carbocycles. The maximum absolute atomic E-state index is 11.7. The van der Waals surface area contributed by atoms with Crippen LogP contribution in [0.15, 0.2) is 18.2 Å². The second kappa shape index (κ2) is 3.47. The van der Waals surface area contributed by atoms with Crippen molar-refractivity contribution < 1.29 is 14.3 Å². The molecular formula is C13H15NO3. The number of carbonyl (C=O) groups is 1. The topological polar surface area (TPSA) is 42.1 Å². The zero-order valence-electron chi connectivity index (χ0n) is 10.1. The zero-order chi connectivity index (χ0) is 12.2. The molecule has 2 heterocycles. The van der Waals surface area contributed by atoms with Gasteiger partial charge in [0, 0.05) is 12.5 Å². The average molecular weight is 233 g/mol. The van der Waals surface area contributed by atoms with Gasteiger partial charge in [0.2, 0.25) is 5.91 Å². The molecule has 2 aliphatic heterocycles. The smallest absolute Gasteiger partial charge is 0.224 e. The lowest BCUT2D eigenvalue weighted by atomic mass is 9.96. The zero-order valence-corrected chi connectivity index (χ0v) is 10.1. The van der Waals surface area contributed by atoms with E-state index < -0.39 is 0 Å². The van der Waals surface area contributed by atoms with E-state index in [0.29, 0.717) is 0 Å². The summed E-state index contributed by atoms with van der Waals surface area (Å²) in [6, 6.07) is 5.88. The van der Waals surface area contributed by atoms with Crippen molar-refractivity contribution in [3.63, 3.8) is 0 Å². The second-order valence-corrected chi connectivity index (χ2v) is 4.58. The number of carbonyl (C=O) groups excluding carboxylic acids is 1. The summed E-state index contributed by atoms with van der Waals surface area (Å²) in [6.07, 6.45) is 0.268. The van der Waals surface area contributed by atoms with Gasteiger partial charge in [-0.05, 0) is 25.1 Å². The summed E-state index contributed by atoms with van der Waals surface area (Å²) in [5, 5.41) is 0. The van der Waals surface area contributed by atoms with Crippen molar-refractivity contribution in [3.8, 4) is 5.75 Å². The Bertz CT molecular complexity index is 486. The van der Waals surface area contributed by atoms with Crippen LogP contribution in [-0.2, 0) is 9.53 Å². The molecule has 0 spiro atoms. The van der Waals surface area contributed by atoms with Crippen molar-refractivity contribution in [2.45, 2.75) is 32.1 Å². The Hall–Kier alpha value is -1.55. The molecule has 0 radical (unpaired) electrons. The van der Waals surface area contributed by atoms with E-state index in [1.165, 1.54) is 0 Å². The number of epoxide rings is 1. The number of anilines is 1. The lowest BCUT2D eigenvalue weighted by molar-refractivity contribution is -0.117. The summed E-state index contributed by atoms with van der Waals surface area (Å²) < 4.78 is 10.9. The Labute approximate surface area is 100 Å². The lowest BCUT2D eigenvalue weighted by Crippen LogP contribution is -2.43. The van der Waals surface area contributed by atoms with Gasteiger partial charge in [-0.3, -0.25) is 4.79 Å². The van der Waals surface area contributed by atoms with Crippen LogP contribution < -0.4 is 9.64 Å². The number of ether oxygens (including phenoxy) is 2. The Morgan fingerprint density at radius 2 is 2.24 bits per heavy atom. The third-order valence-corrected chi connectivity index (χ3v) is 3.55. The molecule has 2 aliphatic rings. The van der Waals surface area contributed by atoms with E-state index in [9.17, 15) is 4.79 Å². The van der Waals surface area contributed by atoms with Crippen LogP contribution in [0, 0.1) is 0 Å². The van der Waals surface area contributed by atoms with Crippen molar-refractivity contribution >= 4 is 11.6 Å². The molecule has 3 rings (SSSR count). The molecule has 1 fully saturated rings. The summed E-state index contributed by atoms with van der Waals surface area (Å²) in [7, 11) is 1.64. The molecule has 17 heavy (non-hydrogen) atoms. The fourth-order valence-electron chi connectivity index (χ4n) is 2.67. The van der Waals surface area contributed by atoms with Crippen LogP contribution >= 0.6 is 0 Å². The van der Waals surface area contributed by atoms with Crippen molar-refractivity contribution in [3.05, 3.63) is 23.8 Å². The van der Waals surface area contributed by atoms with Gasteiger partial charge in [0.1, 0.15) is 18.0 Å². The molecule has 4 heteroatoms. The minimum absolute atomic E-state index is 0.0536. The first-order chi connectivity index (χ1) is 8.13. The van der Waals surface area contributed by atoms with E-state index in [1.54, 1.807) is 14.0 Å². The number of nitrogens with zero attached hydrogens (tertiary/aromatic N) is 1. The van der Waals surface area contributed by atoms with Gasteiger partial charge in [0.05, 0.1) is 18.8 Å². The van der Waals surface area contributed by atoms with Crippen LogP contribution in [-0.4, -0.2) is 25.2 Å². The van der Waals surface area contributed by atoms with Crippen LogP contribution in [0.2, 0.25) is 0 Å². The number of hydrogen-bond acceptors (Lipinski definition) is 3. The fraction of sp³-hybridized carbons (Fsp3) is 0.462. The number of hydrogen-bond donors (Lipinski definition) is 0. The second-order valence-electron chi connectivity index (χ2n) is 4.58. The number of methoxy groups -OCH3 is 1. The van der Waals surface area contributed by atoms with E-state index >= 15 is 0 Å².